The molecule has 0 radical (unpaired) electrons. The van der Waals surface area contributed by atoms with Gasteiger partial charge in [-0.15, -0.1) is 0 Å². The van der Waals surface area contributed by atoms with E-state index in [1.165, 1.54) is 0 Å². The molecule has 0 aromatic heterocycles. The number of hydrogen-bond acceptors (Lipinski definition) is 4. The summed E-state index contributed by atoms with van der Waals surface area (Å²) in [6.07, 6.45) is 0.389. The Hall–Kier alpha value is -0.840. The van der Waals surface area contributed by atoms with Gasteiger partial charge in [0.05, 0.1) is 0 Å². The van der Waals surface area contributed by atoms with Crippen LogP contribution < -0.4 is 0 Å². The molecule has 0 aromatic carbocycles. The molecule has 0 spiro atoms. The summed E-state index contributed by atoms with van der Waals surface area (Å²) in [5.41, 5.74) is 0. The molecule has 0 saturated carbocycles. The van der Waals surface area contributed by atoms with E-state index in [2.05, 4.69) is 0 Å². The highest BCUT2D eigenvalue weighted by Gasteiger charge is 2.26. The van der Waals surface area contributed by atoms with Gasteiger partial charge in [0.1, 0.15) is 0 Å². The summed E-state index contributed by atoms with van der Waals surface area (Å²) in [5, 5.41) is -0.543. The van der Waals surface area contributed by atoms with E-state index in [1.807, 2.05) is 0 Å². The molecule has 1 aliphatic heterocycles. The van der Waals surface area contributed by atoms with Gasteiger partial charge in [-0.05, 0) is 0 Å². The highest BCUT2D eigenvalue weighted by molar-refractivity contribution is 8.15. The largest absolute Gasteiger partial charge is 0.307 e. The quantitative estimate of drug-likeness (QED) is 0.373. The van der Waals surface area contributed by atoms with Gasteiger partial charge >= 0.3 is 5.91 Å². The first kappa shape index (κ1) is 7.27. The van der Waals surface area contributed by atoms with Crippen LogP contribution in [0.15, 0.2) is 0 Å². The van der Waals surface area contributed by atoms with Crippen LogP contribution >= 0.6 is 11.8 Å². The van der Waals surface area contributed by atoms with Crippen molar-refractivity contribution in [3.63, 3.8) is 0 Å². The Morgan fingerprint density at radius 3 is 2.70 bits per heavy atom. The van der Waals surface area contributed by atoms with Crippen molar-refractivity contribution >= 4 is 29.2 Å². The minimum absolute atomic E-state index is 0.346. The zero-order valence-electron chi connectivity index (χ0n) is 5.07. The maximum atomic E-state index is 10.7. The average Bonchev–Trinajstić information content (AvgIpc) is 1.95. The molecule has 0 bridgehead atoms. The van der Waals surface area contributed by atoms with E-state index < -0.39 is 11.0 Å². The molecule has 0 atom stereocenters. The molecule has 54 valence electrons. The van der Waals surface area contributed by atoms with Gasteiger partial charge in [-0.2, -0.15) is 0 Å². The molecule has 0 N–H and O–H groups in total. The molecule has 1 heterocycles. The van der Waals surface area contributed by atoms with Crippen molar-refractivity contribution in [3.05, 3.63) is 0 Å². The Bertz CT molecular complexity index is 191. The van der Waals surface area contributed by atoms with Crippen molar-refractivity contribution in [1.29, 1.82) is 0 Å². The van der Waals surface area contributed by atoms with Gasteiger partial charge in [-0.25, -0.2) is 0 Å². The van der Waals surface area contributed by atoms with Gasteiger partial charge in [0.15, 0.2) is 0 Å². The number of nitrogens with zero attached hydrogens (tertiary/aromatic N) is 1. The van der Waals surface area contributed by atoms with Crippen LogP contribution in [-0.2, 0) is 14.4 Å². The van der Waals surface area contributed by atoms with Crippen LogP contribution in [0.2, 0.25) is 0 Å². The Balaban J connectivity index is 2.68. The van der Waals surface area contributed by atoms with Crippen molar-refractivity contribution in [3.8, 4) is 0 Å². The predicted molar refractivity (Wildman–Crippen MR) is 35.2 cm³/mol. The first-order valence-corrected chi connectivity index (χ1v) is 3.67. The number of carbonyl (C=O) groups is 3. The number of thioether (sulfide) groups is 1. The predicted octanol–water partition coefficient (Wildman–Crippen LogP) is -0.755. The number of carbonyl (C=O) groups excluding carboxylic acids is 3. The molecular formula is C5H5NO3S. The molecule has 0 unspecified atom stereocenters. The highest BCUT2D eigenvalue weighted by atomic mass is 32.2. The van der Waals surface area contributed by atoms with Gasteiger partial charge in [0.2, 0.25) is 6.41 Å². The summed E-state index contributed by atoms with van der Waals surface area (Å²) in [5.74, 6) is -0.185. The van der Waals surface area contributed by atoms with E-state index in [0.717, 1.165) is 16.7 Å². The molecule has 1 rings (SSSR count). The second kappa shape index (κ2) is 2.83. The summed E-state index contributed by atoms with van der Waals surface area (Å²) >= 11 is 0.956. The van der Waals surface area contributed by atoms with E-state index in [1.54, 1.807) is 0 Å². The second-order valence-corrected chi connectivity index (χ2v) is 2.81. The molecule has 1 saturated heterocycles. The Morgan fingerprint density at radius 2 is 2.20 bits per heavy atom. The summed E-state index contributed by atoms with van der Waals surface area (Å²) in [7, 11) is 0. The third kappa shape index (κ3) is 1.18. The lowest BCUT2D eigenvalue weighted by atomic mass is 10.5. The standard InChI is InChI=1S/C5H5NO3S/c7-3-6-1-2-10-5(9)4(6)8/h3H,1-2H2. The van der Waals surface area contributed by atoms with E-state index in [9.17, 15) is 14.4 Å². The van der Waals surface area contributed by atoms with Crippen molar-refractivity contribution in [2.75, 3.05) is 12.3 Å². The second-order valence-electron chi connectivity index (χ2n) is 1.74. The molecule has 2 amide bonds. The van der Waals surface area contributed by atoms with Crippen LogP contribution in [0, 0.1) is 0 Å². The highest BCUT2D eigenvalue weighted by Crippen LogP contribution is 2.10. The fraction of sp³-hybridized carbons (Fsp3) is 0.400. The zero-order chi connectivity index (χ0) is 7.56. The fourth-order valence-corrected chi connectivity index (χ4v) is 1.33. The van der Waals surface area contributed by atoms with E-state index in [4.69, 9.17) is 0 Å². The van der Waals surface area contributed by atoms with Crippen LogP contribution in [0.3, 0.4) is 0 Å². The molecule has 5 heteroatoms. The van der Waals surface area contributed by atoms with E-state index in [-0.39, 0.29) is 0 Å². The third-order valence-electron chi connectivity index (χ3n) is 1.13. The minimum atomic E-state index is -0.703. The Morgan fingerprint density at radius 1 is 1.50 bits per heavy atom. The number of imide groups is 1. The van der Waals surface area contributed by atoms with Crippen LogP contribution in [-0.4, -0.2) is 34.6 Å². The Kier molecular flexibility index (Phi) is 2.06. The molecule has 1 aliphatic rings. The average molecular weight is 159 g/mol. The van der Waals surface area contributed by atoms with Crippen molar-refractivity contribution in [1.82, 2.24) is 4.90 Å². The molecular weight excluding hydrogens is 154 g/mol. The van der Waals surface area contributed by atoms with Gasteiger partial charge in [-0.3, -0.25) is 19.3 Å². The third-order valence-corrected chi connectivity index (χ3v) is 1.95. The Labute approximate surface area is 61.6 Å². The fourth-order valence-electron chi connectivity index (χ4n) is 0.618. The molecule has 0 aliphatic carbocycles. The number of rotatable bonds is 1. The van der Waals surface area contributed by atoms with Crippen molar-refractivity contribution < 1.29 is 14.4 Å². The minimum Gasteiger partial charge on any atom is -0.278 e. The number of amides is 2. The summed E-state index contributed by atoms with van der Waals surface area (Å²) in [4.78, 5) is 32.2. The monoisotopic (exact) mass is 159 g/mol. The van der Waals surface area contributed by atoms with Crippen LogP contribution in [0.1, 0.15) is 0 Å². The van der Waals surface area contributed by atoms with Crippen LogP contribution in [0.5, 0.6) is 0 Å². The lowest BCUT2D eigenvalue weighted by molar-refractivity contribution is -0.144. The SMILES string of the molecule is O=CN1CCSC(=O)C1=O. The van der Waals surface area contributed by atoms with Crippen LogP contribution in [0.25, 0.3) is 0 Å². The smallest absolute Gasteiger partial charge is 0.278 e. The first-order chi connectivity index (χ1) is 4.75. The van der Waals surface area contributed by atoms with E-state index >= 15 is 0 Å². The summed E-state index contributed by atoms with van der Waals surface area (Å²) in [6.45, 7) is 0.346. The molecule has 1 fully saturated rings. The van der Waals surface area contributed by atoms with Gasteiger partial charge in [-0.1, -0.05) is 11.8 Å². The molecule has 10 heavy (non-hydrogen) atoms. The summed E-state index contributed by atoms with van der Waals surface area (Å²) in [6, 6.07) is 0. The van der Waals surface area contributed by atoms with Gasteiger partial charge < -0.3 is 0 Å². The summed E-state index contributed by atoms with van der Waals surface area (Å²) < 4.78 is 0. The lowest BCUT2D eigenvalue weighted by Crippen LogP contribution is -2.39. The van der Waals surface area contributed by atoms with Crippen molar-refractivity contribution in [2.45, 2.75) is 0 Å². The van der Waals surface area contributed by atoms with E-state index in [0.29, 0.717) is 18.7 Å². The maximum Gasteiger partial charge on any atom is 0.307 e. The van der Waals surface area contributed by atoms with Gasteiger partial charge in [0.25, 0.3) is 5.12 Å². The molecule has 4 nitrogen and oxygen atoms in total. The lowest BCUT2D eigenvalue weighted by Gasteiger charge is -2.17. The van der Waals surface area contributed by atoms with Gasteiger partial charge in [0, 0.05) is 12.3 Å². The first-order valence-electron chi connectivity index (χ1n) is 2.68. The number of hydrogen-bond donors (Lipinski definition) is 0. The van der Waals surface area contributed by atoms with Crippen LogP contribution in [0.4, 0.5) is 0 Å². The topological polar surface area (TPSA) is 54.5 Å². The molecule has 0 aromatic rings. The van der Waals surface area contributed by atoms with Crippen molar-refractivity contribution in [2.24, 2.45) is 0 Å². The maximum absolute atomic E-state index is 10.7. The zero-order valence-corrected chi connectivity index (χ0v) is 5.89. The normalized spacial score (nSPS) is 19.4.